The van der Waals surface area contributed by atoms with Crippen molar-refractivity contribution < 1.29 is 14.3 Å². The number of nitrogens with one attached hydrogen (secondary N) is 2. The third kappa shape index (κ3) is 2.77. The van der Waals surface area contributed by atoms with E-state index in [4.69, 9.17) is 4.74 Å². The zero-order valence-electron chi connectivity index (χ0n) is 14.3. The van der Waals surface area contributed by atoms with Crippen molar-refractivity contribution >= 4 is 28.6 Å². The van der Waals surface area contributed by atoms with E-state index < -0.39 is 0 Å². The molecule has 7 nitrogen and oxygen atoms in total. The normalized spacial score (nSPS) is 13.3. The van der Waals surface area contributed by atoms with Crippen molar-refractivity contribution in [3.8, 4) is 0 Å². The van der Waals surface area contributed by atoms with Gasteiger partial charge < -0.3 is 19.9 Å². The van der Waals surface area contributed by atoms with E-state index in [0.29, 0.717) is 25.1 Å². The molecule has 0 fully saturated rings. The molecule has 7 heteroatoms. The number of hydrogen-bond donors (Lipinski definition) is 2. The van der Waals surface area contributed by atoms with Crippen LogP contribution in [0.5, 0.6) is 0 Å². The lowest BCUT2D eigenvalue weighted by Gasteiger charge is -2.28. The van der Waals surface area contributed by atoms with E-state index in [1.54, 1.807) is 17.3 Å². The van der Waals surface area contributed by atoms with Crippen molar-refractivity contribution in [2.24, 2.45) is 0 Å². The van der Waals surface area contributed by atoms with Crippen molar-refractivity contribution in [1.82, 2.24) is 14.9 Å². The van der Waals surface area contributed by atoms with Gasteiger partial charge in [0.2, 0.25) is 0 Å². The van der Waals surface area contributed by atoms with Gasteiger partial charge in [-0.15, -0.1) is 0 Å². The number of carbonyl (C=O) groups excluding carboxylic acids is 2. The number of anilines is 1. The van der Waals surface area contributed by atoms with Crippen LogP contribution in [0.25, 0.3) is 10.9 Å². The summed E-state index contributed by atoms with van der Waals surface area (Å²) in [6.45, 7) is 0.901. The maximum Gasteiger partial charge on any atom is 0.409 e. The second kappa shape index (κ2) is 6.51. The maximum atomic E-state index is 12.9. The third-order valence-corrected chi connectivity index (χ3v) is 4.65. The highest BCUT2D eigenvalue weighted by Gasteiger charge is 2.25. The van der Waals surface area contributed by atoms with Crippen molar-refractivity contribution in [1.29, 1.82) is 0 Å². The molecule has 2 amide bonds. The van der Waals surface area contributed by atoms with Gasteiger partial charge in [0, 0.05) is 30.5 Å². The molecule has 3 aromatic rings. The molecular formula is C19H18N4O3. The van der Waals surface area contributed by atoms with Crippen LogP contribution in [0.3, 0.4) is 0 Å². The van der Waals surface area contributed by atoms with E-state index in [1.165, 1.54) is 7.11 Å². The standard InChI is InChI=1S/C19H18N4O3/c1-26-19(25)23-8-6-14-13(11-23)9-20-10-15(14)18(24)22-16-4-2-3-12-5-7-21-17(12)16/h2-5,7,9-10,21H,6,8,11H2,1H3,(H,22,24). The first-order chi connectivity index (χ1) is 12.7. The minimum absolute atomic E-state index is 0.206. The second-order valence-electron chi connectivity index (χ2n) is 6.17. The van der Waals surface area contributed by atoms with Crippen LogP contribution in [-0.4, -0.2) is 40.5 Å². The number of methoxy groups -OCH3 is 1. The maximum absolute atomic E-state index is 12.9. The molecule has 26 heavy (non-hydrogen) atoms. The molecule has 0 radical (unpaired) electrons. The number of carbonyl (C=O) groups is 2. The van der Waals surface area contributed by atoms with Gasteiger partial charge >= 0.3 is 6.09 Å². The molecule has 4 rings (SSSR count). The van der Waals surface area contributed by atoms with Crippen molar-refractivity contribution in [3.63, 3.8) is 0 Å². The molecule has 1 aliphatic rings. The van der Waals surface area contributed by atoms with Crippen molar-refractivity contribution in [2.45, 2.75) is 13.0 Å². The lowest BCUT2D eigenvalue weighted by molar-refractivity contribution is 0.102. The van der Waals surface area contributed by atoms with Crippen LogP contribution in [0.1, 0.15) is 21.5 Å². The number of para-hydroxylation sites is 1. The topological polar surface area (TPSA) is 87.3 Å². The zero-order chi connectivity index (χ0) is 18.1. The number of H-pyrrole nitrogens is 1. The van der Waals surface area contributed by atoms with Gasteiger partial charge in [0.1, 0.15) is 0 Å². The van der Waals surface area contributed by atoms with Gasteiger partial charge in [-0.2, -0.15) is 0 Å². The minimum Gasteiger partial charge on any atom is -0.453 e. The molecule has 0 aliphatic carbocycles. The van der Waals surface area contributed by atoms with Gasteiger partial charge in [0.15, 0.2) is 0 Å². The van der Waals surface area contributed by atoms with Crippen LogP contribution in [0.15, 0.2) is 42.9 Å². The number of ether oxygens (including phenoxy) is 1. The number of aromatic amines is 1. The Morgan fingerprint density at radius 2 is 2.15 bits per heavy atom. The van der Waals surface area contributed by atoms with E-state index in [9.17, 15) is 9.59 Å². The first kappa shape index (κ1) is 16.1. The van der Waals surface area contributed by atoms with Gasteiger partial charge in [-0.05, 0) is 29.7 Å². The molecule has 132 valence electrons. The SMILES string of the molecule is COC(=O)N1CCc2c(cncc2C(=O)Nc2cccc3cc[nH]c23)C1. The monoisotopic (exact) mass is 350 g/mol. The van der Waals surface area contributed by atoms with E-state index >= 15 is 0 Å². The van der Waals surface area contributed by atoms with Gasteiger partial charge in [-0.25, -0.2) is 4.79 Å². The number of nitrogens with zero attached hydrogens (tertiary/aromatic N) is 2. The summed E-state index contributed by atoms with van der Waals surface area (Å²) in [4.78, 5) is 33.5. The molecule has 1 aliphatic heterocycles. The summed E-state index contributed by atoms with van der Waals surface area (Å²) >= 11 is 0. The predicted octanol–water partition coefficient (Wildman–Crippen LogP) is 2.94. The van der Waals surface area contributed by atoms with E-state index in [-0.39, 0.29) is 12.0 Å². The number of rotatable bonds is 2. The molecule has 0 atom stereocenters. The van der Waals surface area contributed by atoms with Gasteiger partial charge in [-0.1, -0.05) is 12.1 Å². The number of hydrogen-bond acceptors (Lipinski definition) is 4. The average molecular weight is 350 g/mol. The summed E-state index contributed by atoms with van der Waals surface area (Å²) in [6.07, 6.45) is 5.34. The van der Waals surface area contributed by atoms with E-state index in [2.05, 4.69) is 15.3 Å². The predicted molar refractivity (Wildman–Crippen MR) is 97.0 cm³/mol. The Bertz CT molecular complexity index is 995. The van der Waals surface area contributed by atoms with E-state index in [0.717, 1.165) is 27.7 Å². The molecule has 2 aromatic heterocycles. The molecule has 1 aromatic carbocycles. The van der Waals surface area contributed by atoms with Gasteiger partial charge in [0.25, 0.3) is 5.91 Å². The lowest BCUT2D eigenvalue weighted by atomic mass is 9.97. The van der Waals surface area contributed by atoms with E-state index in [1.807, 2.05) is 30.5 Å². The highest BCUT2D eigenvalue weighted by atomic mass is 16.5. The number of amides is 2. The zero-order valence-corrected chi connectivity index (χ0v) is 14.3. The fourth-order valence-electron chi connectivity index (χ4n) is 3.35. The number of fused-ring (bicyclic) bond motifs is 2. The Morgan fingerprint density at radius 3 is 3.00 bits per heavy atom. The van der Waals surface area contributed by atoms with Crippen molar-refractivity contribution in [3.05, 3.63) is 59.5 Å². The average Bonchev–Trinajstić information content (AvgIpc) is 3.16. The summed E-state index contributed by atoms with van der Waals surface area (Å²) in [7, 11) is 1.36. The number of pyridine rings is 1. The summed E-state index contributed by atoms with van der Waals surface area (Å²) in [6, 6.07) is 7.70. The van der Waals surface area contributed by atoms with Crippen LogP contribution in [-0.2, 0) is 17.7 Å². The molecule has 3 heterocycles. The van der Waals surface area contributed by atoms with Crippen LogP contribution in [0.2, 0.25) is 0 Å². The fourth-order valence-corrected chi connectivity index (χ4v) is 3.35. The van der Waals surface area contributed by atoms with Crippen LogP contribution < -0.4 is 5.32 Å². The van der Waals surface area contributed by atoms with Gasteiger partial charge in [0.05, 0.1) is 30.4 Å². The molecule has 0 unspecified atom stereocenters. The number of aromatic nitrogens is 2. The summed E-state index contributed by atoms with van der Waals surface area (Å²) in [5, 5.41) is 4.00. The van der Waals surface area contributed by atoms with Crippen molar-refractivity contribution in [2.75, 3.05) is 19.0 Å². The van der Waals surface area contributed by atoms with Gasteiger partial charge in [-0.3, -0.25) is 9.78 Å². The molecule has 0 spiro atoms. The summed E-state index contributed by atoms with van der Waals surface area (Å²) < 4.78 is 4.78. The van der Waals surface area contributed by atoms with Crippen LogP contribution >= 0.6 is 0 Å². The molecule has 0 bridgehead atoms. The molecule has 0 saturated carbocycles. The lowest BCUT2D eigenvalue weighted by Crippen LogP contribution is -2.36. The largest absolute Gasteiger partial charge is 0.453 e. The van der Waals surface area contributed by atoms with Crippen LogP contribution in [0.4, 0.5) is 10.5 Å². The Balaban J connectivity index is 1.62. The molecular weight excluding hydrogens is 332 g/mol. The Kier molecular flexibility index (Phi) is 4.04. The highest BCUT2D eigenvalue weighted by molar-refractivity contribution is 6.09. The third-order valence-electron chi connectivity index (χ3n) is 4.65. The Labute approximate surface area is 150 Å². The first-order valence-electron chi connectivity index (χ1n) is 8.33. The highest BCUT2D eigenvalue weighted by Crippen LogP contribution is 2.25. The Hall–Kier alpha value is -3.35. The smallest absolute Gasteiger partial charge is 0.409 e. The Morgan fingerprint density at radius 1 is 1.27 bits per heavy atom. The van der Waals surface area contributed by atoms with Crippen LogP contribution in [0, 0.1) is 0 Å². The molecule has 0 saturated heterocycles. The first-order valence-corrected chi connectivity index (χ1v) is 8.33. The summed E-state index contributed by atoms with van der Waals surface area (Å²) in [5.74, 6) is -0.206. The number of benzene rings is 1. The quantitative estimate of drug-likeness (QED) is 0.744. The second-order valence-corrected chi connectivity index (χ2v) is 6.17. The molecule has 2 N–H and O–H groups in total. The summed E-state index contributed by atoms with van der Waals surface area (Å²) in [5.41, 5.74) is 3.94. The fraction of sp³-hybridized carbons (Fsp3) is 0.211. The minimum atomic E-state index is -0.371.